The van der Waals surface area contributed by atoms with E-state index in [0.29, 0.717) is 11.4 Å². The molecule has 0 atom stereocenters. The van der Waals surface area contributed by atoms with E-state index in [1.165, 1.54) is 38.1 Å². The minimum atomic E-state index is -3.92. The number of esters is 1. The van der Waals surface area contributed by atoms with E-state index in [9.17, 15) is 13.2 Å². The van der Waals surface area contributed by atoms with E-state index >= 15 is 0 Å². The van der Waals surface area contributed by atoms with Crippen molar-refractivity contribution in [2.45, 2.75) is 9.79 Å². The number of thioether (sulfide) groups is 1. The Morgan fingerprint density at radius 2 is 1.64 bits per heavy atom. The molecule has 0 aliphatic heterocycles. The van der Waals surface area contributed by atoms with Crippen LogP contribution in [0.25, 0.3) is 0 Å². The summed E-state index contributed by atoms with van der Waals surface area (Å²) in [5.41, 5.74) is 0.347. The predicted octanol–water partition coefficient (Wildman–Crippen LogP) is 2.79. The Morgan fingerprint density at radius 3 is 2.12 bits per heavy atom. The van der Waals surface area contributed by atoms with E-state index in [4.69, 9.17) is 4.74 Å². The first-order chi connectivity index (χ1) is 11.9. The SMILES string of the molecule is COC(=O)CN(c1ccc(OC)cc1)S(=O)(=O)c1ccc(SC)cc1. The molecule has 0 radical (unpaired) electrons. The first-order valence-corrected chi connectivity index (χ1v) is 9.96. The maximum absolute atomic E-state index is 13.0. The largest absolute Gasteiger partial charge is 0.497 e. The van der Waals surface area contributed by atoms with Crippen LogP contribution in [-0.4, -0.2) is 41.4 Å². The summed E-state index contributed by atoms with van der Waals surface area (Å²) in [6.07, 6.45) is 1.91. The lowest BCUT2D eigenvalue weighted by atomic mass is 10.3. The van der Waals surface area contributed by atoms with Gasteiger partial charge in [0.25, 0.3) is 10.0 Å². The Morgan fingerprint density at radius 1 is 1.04 bits per heavy atom. The minimum absolute atomic E-state index is 0.102. The average molecular weight is 381 g/mol. The highest BCUT2D eigenvalue weighted by Gasteiger charge is 2.27. The Balaban J connectivity index is 2.46. The number of sulfonamides is 1. The van der Waals surface area contributed by atoms with Crippen molar-refractivity contribution in [1.29, 1.82) is 0 Å². The fraction of sp³-hybridized carbons (Fsp3) is 0.235. The van der Waals surface area contributed by atoms with Gasteiger partial charge in [-0.25, -0.2) is 8.42 Å². The van der Waals surface area contributed by atoms with Gasteiger partial charge in [-0.1, -0.05) is 0 Å². The van der Waals surface area contributed by atoms with Crippen molar-refractivity contribution in [2.24, 2.45) is 0 Å². The summed E-state index contributed by atoms with van der Waals surface area (Å²) in [5, 5.41) is 0. The number of carbonyl (C=O) groups excluding carboxylic acids is 1. The number of carbonyl (C=O) groups is 1. The molecule has 0 fully saturated rings. The number of anilines is 1. The van der Waals surface area contributed by atoms with Crippen LogP contribution >= 0.6 is 11.8 Å². The Bertz CT molecular complexity index is 817. The van der Waals surface area contributed by atoms with Gasteiger partial charge in [0.2, 0.25) is 0 Å². The minimum Gasteiger partial charge on any atom is -0.497 e. The smallest absolute Gasteiger partial charge is 0.326 e. The van der Waals surface area contributed by atoms with Crippen molar-refractivity contribution < 1.29 is 22.7 Å². The lowest BCUT2D eigenvalue weighted by Crippen LogP contribution is -2.36. The molecule has 25 heavy (non-hydrogen) atoms. The topological polar surface area (TPSA) is 72.9 Å². The fourth-order valence-corrected chi connectivity index (χ4v) is 3.94. The highest BCUT2D eigenvalue weighted by Crippen LogP contribution is 2.27. The number of rotatable bonds is 7. The number of ether oxygens (including phenoxy) is 2. The van der Waals surface area contributed by atoms with Gasteiger partial charge in [0.05, 0.1) is 24.8 Å². The second-order valence-electron chi connectivity index (χ2n) is 4.96. The monoisotopic (exact) mass is 381 g/mol. The Kier molecular flexibility index (Phi) is 6.33. The molecule has 0 amide bonds. The number of hydrogen-bond donors (Lipinski definition) is 0. The van der Waals surface area contributed by atoms with Gasteiger partial charge in [0, 0.05) is 4.90 Å². The lowest BCUT2D eigenvalue weighted by molar-refractivity contribution is -0.138. The standard InChI is InChI=1S/C17H19NO5S2/c1-22-14-6-4-13(5-7-14)18(12-17(19)23-2)25(20,21)16-10-8-15(24-3)9-11-16/h4-11H,12H2,1-3H3. The van der Waals surface area contributed by atoms with Crippen LogP contribution in [0.4, 0.5) is 5.69 Å². The van der Waals surface area contributed by atoms with Crippen molar-refractivity contribution in [3.63, 3.8) is 0 Å². The van der Waals surface area contributed by atoms with Crippen molar-refractivity contribution in [1.82, 2.24) is 0 Å². The van der Waals surface area contributed by atoms with Gasteiger partial charge in [-0.3, -0.25) is 9.10 Å². The zero-order chi connectivity index (χ0) is 18.4. The van der Waals surface area contributed by atoms with Crippen LogP contribution in [0.1, 0.15) is 0 Å². The fourth-order valence-electron chi connectivity index (χ4n) is 2.12. The molecule has 0 aliphatic carbocycles. The summed E-state index contributed by atoms with van der Waals surface area (Å²) >= 11 is 1.51. The third-order valence-electron chi connectivity index (χ3n) is 3.51. The average Bonchev–Trinajstić information content (AvgIpc) is 2.65. The van der Waals surface area contributed by atoms with Crippen LogP contribution in [0.2, 0.25) is 0 Å². The second kappa shape index (κ2) is 8.26. The van der Waals surface area contributed by atoms with Crippen molar-refractivity contribution >= 4 is 33.4 Å². The number of hydrogen-bond acceptors (Lipinski definition) is 6. The first-order valence-electron chi connectivity index (χ1n) is 7.30. The molecular weight excluding hydrogens is 362 g/mol. The zero-order valence-corrected chi connectivity index (χ0v) is 15.8. The molecule has 0 saturated carbocycles. The molecule has 8 heteroatoms. The van der Waals surface area contributed by atoms with Crippen molar-refractivity contribution in [3.8, 4) is 5.75 Å². The lowest BCUT2D eigenvalue weighted by Gasteiger charge is -2.23. The summed E-state index contributed by atoms with van der Waals surface area (Å²) in [6.45, 7) is -0.421. The molecule has 0 aromatic heterocycles. The maximum Gasteiger partial charge on any atom is 0.326 e. The second-order valence-corrected chi connectivity index (χ2v) is 7.70. The normalized spacial score (nSPS) is 11.0. The molecular formula is C17H19NO5S2. The third-order valence-corrected chi connectivity index (χ3v) is 6.04. The van der Waals surface area contributed by atoms with Gasteiger partial charge >= 0.3 is 5.97 Å². The molecule has 0 bridgehead atoms. The van der Waals surface area contributed by atoms with E-state index in [1.807, 2.05) is 6.26 Å². The van der Waals surface area contributed by atoms with Crippen LogP contribution in [0.15, 0.2) is 58.3 Å². The van der Waals surface area contributed by atoms with Crippen molar-refractivity contribution in [3.05, 3.63) is 48.5 Å². The molecule has 0 unspecified atom stereocenters. The van der Waals surface area contributed by atoms with Crippen LogP contribution in [0, 0.1) is 0 Å². The zero-order valence-electron chi connectivity index (χ0n) is 14.1. The van der Waals surface area contributed by atoms with Gasteiger partial charge in [-0.15, -0.1) is 11.8 Å². The van der Waals surface area contributed by atoms with Crippen LogP contribution in [0.3, 0.4) is 0 Å². The van der Waals surface area contributed by atoms with E-state index in [-0.39, 0.29) is 4.90 Å². The van der Waals surface area contributed by atoms with Gasteiger partial charge < -0.3 is 9.47 Å². The predicted molar refractivity (Wildman–Crippen MR) is 97.8 cm³/mol. The van der Waals surface area contributed by atoms with E-state index in [2.05, 4.69) is 4.74 Å². The summed E-state index contributed by atoms with van der Waals surface area (Å²) < 4.78 is 36.8. The van der Waals surface area contributed by atoms with Crippen LogP contribution in [-0.2, 0) is 19.6 Å². The summed E-state index contributed by atoms with van der Waals surface area (Å²) in [5.74, 6) is -0.0661. The third kappa shape index (κ3) is 4.46. The van der Waals surface area contributed by atoms with Gasteiger partial charge in [-0.05, 0) is 54.8 Å². The molecule has 0 N–H and O–H groups in total. The van der Waals surface area contributed by atoms with Gasteiger partial charge in [-0.2, -0.15) is 0 Å². The van der Waals surface area contributed by atoms with E-state index < -0.39 is 22.5 Å². The quantitative estimate of drug-likeness (QED) is 0.542. The molecule has 0 spiro atoms. The molecule has 134 valence electrons. The van der Waals surface area contributed by atoms with E-state index in [0.717, 1.165) is 9.20 Å². The summed E-state index contributed by atoms with van der Waals surface area (Å²) in [7, 11) is -1.19. The molecule has 0 aliphatic rings. The molecule has 2 aromatic carbocycles. The highest BCUT2D eigenvalue weighted by molar-refractivity contribution is 7.98. The molecule has 2 rings (SSSR count). The Labute approximate surface area is 151 Å². The molecule has 0 saturated heterocycles. The summed E-state index contributed by atoms with van der Waals surface area (Å²) in [6, 6.07) is 12.9. The number of methoxy groups -OCH3 is 2. The van der Waals surface area contributed by atoms with Crippen molar-refractivity contribution in [2.75, 3.05) is 31.3 Å². The maximum atomic E-state index is 13.0. The highest BCUT2D eigenvalue weighted by atomic mass is 32.2. The molecule has 6 nitrogen and oxygen atoms in total. The van der Waals surface area contributed by atoms with Gasteiger partial charge in [0.1, 0.15) is 12.3 Å². The summed E-state index contributed by atoms with van der Waals surface area (Å²) in [4.78, 5) is 12.8. The molecule has 2 aromatic rings. The first kappa shape index (κ1) is 19.1. The van der Waals surface area contributed by atoms with Crippen LogP contribution < -0.4 is 9.04 Å². The number of benzene rings is 2. The Hall–Kier alpha value is -2.19. The van der Waals surface area contributed by atoms with Gasteiger partial charge in [0.15, 0.2) is 0 Å². The van der Waals surface area contributed by atoms with Crippen LogP contribution in [0.5, 0.6) is 5.75 Å². The molecule has 0 heterocycles. The van der Waals surface area contributed by atoms with E-state index in [1.54, 1.807) is 36.4 Å². The number of nitrogens with zero attached hydrogens (tertiary/aromatic N) is 1.